The molecule has 3 aromatic heterocycles. The van der Waals surface area contributed by atoms with Crippen LogP contribution < -0.4 is 0 Å². The predicted octanol–water partition coefficient (Wildman–Crippen LogP) is 11.5. The van der Waals surface area contributed by atoms with Crippen LogP contribution in [-0.2, 0) is 5.41 Å². The maximum Gasteiger partial charge on any atom is 0.238 e. The van der Waals surface area contributed by atoms with Gasteiger partial charge in [0, 0.05) is 33.5 Å². The van der Waals surface area contributed by atoms with Crippen molar-refractivity contribution in [3.05, 3.63) is 163 Å². The maximum atomic E-state index is 5.23. The number of hydrogen-bond acceptors (Lipinski definition) is 4. The molecule has 0 bridgehead atoms. The Morgan fingerprint density at radius 2 is 1.04 bits per heavy atom. The van der Waals surface area contributed by atoms with Crippen molar-refractivity contribution in [1.29, 1.82) is 0 Å². The summed E-state index contributed by atoms with van der Waals surface area (Å²) in [5.41, 5.74) is 8.45. The number of benzene rings is 6. The molecule has 0 fully saturated rings. The molecule has 244 valence electrons. The van der Waals surface area contributed by atoms with Crippen LogP contribution in [0.15, 0.2) is 152 Å². The van der Waals surface area contributed by atoms with E-state index in [0.717, 1.165) is 27.7 Å². The molecule has 11 rings (SSSR count). The van der Waals surface area contributed by atoms with Crippen LogP contribution in [0.1, 0.15) is 25.0 Å². The first-order valence-corrected chi connectivity index (χ1v) is 17.7. The van der Waals surface area contributed by atoms with E-state index in [9.17, 15) is 0 Å². The summed E-state index contributed by atoms with van der Waals surface area (Å²) >= 11 is 0. The highest BCUT2D eigenvalue weighted by Crippen LogP contribution is 2.53. The van der Waals surface area contributed by atoms with Gasteiger partial charge in [0.15, 0.2) is 11.6 Å². The van der Waals surface area contributed by atoms with Gasteiger partial charge >= 0.3 is 0 Å². The summed E-state index contributed by atoms with van der Waals surface area (Å²) in [6.45, 7) is 4.72. The second-order valence-corrected chi connectivity index (χ2v) is 14.3. The number of rotatable bonds is 4. The third kappa shape index (κ3) is 3.99. The van der Waals surface area contributed by atoms with Gasteiger partial charge in [0.25, 0.3) is 0 Å². The van der Waals surface area contributed by atoms with Crippen LogP contribution in [0.5, 0.6) is 0 Å². The quantitative estimate of drug-likeness (QED) is 0.188. The van der Waals surface area contributed by atoms with Crippen molar-refractivity contribution < 1.29 is 0 Å². The van der Waals surface area contributed by atoms with Gasteiger partial charge in [-0.15, -0.1) is 0 Å². The Hall–Kier alpha value is -6.72. The Bertz CT molecular complexity index is 3070. The van der Waals surface area contributed by atoms with Gasteiger partial charge in [-0.3, -0.25) is 9.55 Å². The number of pyridine rings is 1. The van der Waals surface area contributed by atoms with Gasteiger partial charge in [0.2, 0.25) is 5.95 Å². The molecule has 5 nitrogen and oxygen atoms in total. The first-order valence-electron chi connectivity index (χ1n) is 17.7. The van der Waals surface area contributed by atoms with Gasteiger partial charge in [0.05, 0.1) is 11.0 Å². The van der Waals surface area contributed by atoms with Crippen LogP contribution in [0.25, 0.3) is 94.1 Å². The highest BCUT2D eigenvalue weighted by molar-refractivity contribution is 6.35. The van der Waals surface area contributed by atoms with Crippen LogP contribution in [-0.4, -0.2) is 24.5 Å². The summed E-state index contributed by atoms with van der Waals surface area (Å²) in [4.78, 5) is 20.4. The summed E-state index contributed by atoms with van der Waals surface area (Å²) < 4.78 is 2.24. The van der Waals surface area contributed by atoms with E-state index in [2.05, 4.69) is 109 Å². The lowest BCUT2D eigenvalue weighted by molar-refractivity contribution is 0.663. The van der Waals surface area contributed by atoms with Crippen molar-refractivity contribution in [2.45, 2.75) is 19.3 Å². The van der Waals surface area contributed by atoms with Gasteiger partial charge in [-0.1, -0.05) is 141 Å². The molecule has 1 aliphatic carbocycles. The Morgan fingerprint density at radius 1 is 0.423 bits per heavy atom. The summed E-state index contributed by atoms with van der Waals surface area (Å²) in [6.07, 6.45) is 1.90. The zero-order valence-electron chi connectivity index (χ0n) is 28.7. The van der Waals surface area contributed by atoms with E-state index in [4.69, 9.17) is 19.9 Å². The lowest BCUT2D eigenvalue weighted by Crippen LogP contribution is -2.15. The largest absolute Gasteiger partial charge is 0.278 e. The summed E-state index contributed by atoms with van der Waals surface area (Å²) in [6, 6.07) is 51.5. The van der Waals surface area contributed by atoms with Crippen LogP contribution in [0.3, 0.4) is 0 Å². The van der Waals surface area contributed by atoms with Crippen molar-refractivity contribution >= 4 is 54.1 Å². The van der Waals surface area contributed by atoms with Crippen LogP contribution >= 0.6 is 0 Å². The molecule has 1 aliphatic rings. The first-order chi connectivity index (χ1) is 25.6. The first kappa shape index (κ1) is 29.1. The van der Waals surface area contributed by atoms with Gasteiger partial charge < -0.3 is 0 Å². The summed E-state index contributed by atoms with van der Waals surface area (Å²) in [5, 5.41) is 10.1. The Balaban J connectivity index is 1.27. The van der Waals surface area contributed by atoms with Gasteiger partial charge in [-0.2, -0.15) is 9.97 Å². The van der Waals surface area contributed by atoms with E-state index < -0.39 is 0 Å². The molecular formula is C47H31N5. The fraction of sp³-hybridized carbons (Fsp3) is 0.0638. The molecule has 0 N–H and O–H groups in total. The Kier molecular flexibility index (Phi) is 5.95. The van der Waals surface area contributed by atoms with E-state index in [0.29, 0.717) is 23.3 Å². The van der Waals surface area contributed by atoms with Crippen molar-refractivity contribution in [3.8, 4) is 40.0 Å². The number of fused-ring (bicyclic) bond motifs is 3. The predicted molar refractivity (Wildman–Crippen MR) is 213 cm³/mol. The fourth-order valence-electron chi connectivity index (χ4n) is 8.66. The molecule has 0 saturated heterocycles. The summed E-state index contributed by atoms with van der Waals surface area (Å²) in [5.74, 6) is 1.69. The lowest BCUT2D eigenvalue weighted by atomic mass is 9.81. The molecule has 52 heavy (non-hydrogen) atoms. The molecule has 0 amide bonds. The van der Waals surface area contributed by atoms with E-state index in [1.165, 1.54) is 54.2 Å². The molecule has 0 saturated carbocycles. The SMILES string of the molecule is CC1(C)c2cccc3c4ccccc4c4cccc5c4c4c(c1ccc4n5-c1nc(-c4ccccc4)nc(-c4ccc(-c5ccccc5)cn4)n1)c23. The standard InChI is InChI=1S/C47H31N5/c1-47(2)35-21-11-19-33-31-17-9-10-18-32(31)34-20-12-22-38-41(34)43-39(26-24-36(47)42(43)40(33)35)52(38)46-50-44(29-15-7-4-8-16-29)49-45(51-46)37-25-23-30(27-48-37)28-13-5-3-6-14-28/h3-27H,1-2H3. The minimum Gasteiger partial charge on any atom is -0.278 e. The van der Waals surface area contributed by atoms with E-state index >= 15 is 0 Å². The Morgan fingerprint density at radius 3 is 1.77 bits per heavy atom. The highest BCUT2D eigenvalue weighted by atomic mass is 15.2. The molecule has 0 unspecified atom stereocenters. The number of aromatic nitrogens is 5. The average Bonchev–Trinajstić information content (AvgIpc) is 3.67. The smallest absolute Gasteiger partial charge is 0.238 e. The average molecular weight is 666 g/mol. The minimum atomic E-state index is -0.157. The van der Waals surface area contributed by atoms with E-state index in [-0.39, 0.29) is 5.41 Å². The number of nitrogens with zero attached hydrogens (tertiary/aromatic N) is 5. The van der Waals surface area contributed by atoms with Crippen LogP contribution in [0.2, 0.25) is 0 Å². The molecular weight excluding hydrogens is 635 g/mol. The third-order valence-corrected chi connectivity index (χ3v) is 11.1. The number of hydrogen-bond donors (Lipinski definition) is 0. The van der Waals surface area contributed by atoms with Crippen molar-refractivity contribution in [2.75, 3.05) is 0 Å². The van der Waals surface area contributed by atoms with E-state index in [1.54, 1.807) is 0 Å². The van der Waals surface area contributed by atoms with Crippen molar-refractivity contribution in [2.24, 2.45) is 0 Å². The molecule has 5 heteroatoms. The second-order valence-electron chi connectivity index (χ2n) is 14.3. The molecule has 0 atom stereocenters. The normalized spacial score (nSPS) is 13.3. The van der Waals surface area contributed by atoms with Gasteiger partial charge in [0.1, 0.15) is 5.69 Å². The Labute approximate surface area is 299 Å². The lowest BCUT2D eigenvalue weighted by Gasteiger charge is -2.22. The molecule has 0 aliphatic heterocycles. The fourth-order valence-corrected chi connectivity index (χ4v) is 8.66. The van der Waals surface area contributed by atoms with Crippen LogP contribution in [0.4, 0.5) is 0 Å². The molecule has 10 aromatic rings. The minimum absolute atomic E-state index is 0.157. The monoisotopic (exact) mass is 665 g/mol. The van der Waals surface area contributed by atoms with Crippen molar-refractivity contribution in [1.82, 2.24) is 24.5 Å². The second kappa shape index (κ2) is 10.6. The molecule has 7 aromatic carbocycles. The molecule has 0 spiro atoms. The maximum absolute atomic E-state index is 5.23. The molecule has 3 heterocycles. The summed E-state index contributed by atoms with van der Waals surface area (Å²) in [7, 11) is 0. The van der Waals surface area contributed by atoms with Crippen molar-refractivity contribution in [3.63, 3.8) is 0 Å². The molecule has 0 radical (unpaired) electrons. The van der Waals surface area contributed by atoms with Gasteiger partial charge in [-0.05, 0) is 67.2 Å². The topological polar surface area (TPSA) is 56.5 Å². The van der Waals surface area contributed by atoms with Crippen LogP contribution in [0, 0.1) is 0 Å². The third-order valence-electron chi connectivity index (χ3n) is 11.1. The van der Waals surface area contributed by atoms with Gasteiger partial charge in [-0.25, -0.2) is 4.98 Å². The highest BCUT2D eigenvalue weighted by Gasteiger charge is 2.35. The zero-order valence-corrected chi connectivity index (χ0v) is 28.7. The zero-order chi connectivity index (χ0) is 34.6. The van der Waals surface area contributed by atoms with E-state index in [1.807, 2.05) is 60.8 Å².